The molecule has 13 nitrogen and oxygen atoms in total. The molecule has 3 N–H and O–H groups in total. The summed E-state index contributed by atoms with van der Waals surface area (Å²) in [7, 11) is 2.49. The number of aryl methyl sites for hydroxylation is 2. The maximum atomic E-state index is 14.6. The molecule has 14 heteroatoms. The third kappa shape index (κ3) is 8.96. The molecule has 0 unspecified atom stereocenters. The van der Waals surface area contributed by atoms with E-state index in [1.165, 1.54) is 20.3 Å². The van der Waals surface area contributed by atoms with Gasteiger partial charge in [0.1, 0.15) is 22.6 Å². The summed E-state index contributed by atoms with van der Waals surface area (Å²) in [4.78, 5) is 72.4. The number of esters is 2. The van der Waals surface area contributed by atoms with Gasteiger partial charge in [-0.15, -0.1) is 11.3 Å². The Balaban J connectivity index is 1.40. The number of anilines is 1. The highest BCUT2D eigenvalue weighted by molar-refractivity contribution is 7.13. The number of aromatic nitrogens is 1. The van der Waals surface area contributed by atoms with Crippen molar-refractivity contribution in [3.63, 3.8) is 0 Å². The summed E-state index contributed by atoms with van der Waals surface area (Å²) < 4.78 is 21.8. The van der Waals surface area contributed by atoms with Crippen molar-refractivity contribution in [2.24, 2.45) is 0 Å². The van der Waals surface area contributed by atoms with Gasteiger partial charge in [-0.2, -0.15) is 0 Å². The molecule has 0 spiro atoms. The molecule has 1 fully saturated rings. The summed E-state index contributed by atoms with van der Waals surface area (Å²) in [5, 5.41) is 10.7. The second-order valence-corrected chi connectivity index (χ2v) is 16.3. The quantitative estimate of drug-likeness (QED) is 0.113. The first-order valence-corrected chi connectivity index (χ1v) is 19.8. The number of thiophene rings is 1. The smallest absolute Gasteiger partial charge is 0.407 e. The number of pyridine rings is 1. The van der Waals surface area contributed by atoms with Gasteiger partial charge in [0.25, 0.3) is 11.8 Å². The highest BCUT2D eigenvalue weighted by atomic mass is 32.1. The Hall–Kier alpha value is -5.76. The van der Waals surface area contributed by atoms with E-state index < -0.39 is 41.0 Å². The monoisotopic (exact) mass is 796 g/mol. The van der Waals surface area contributed by atoms with E-state index in [1.807, 2.05) is 37.4 Å². The van der Waals surface area contributed by atoms with Gasteiger partial charge in [-0.3, -0.25) is 9.59 Å². The van der Waals surface area contributed by atoms with Crippen LogP contribution in [0.4, 0.5) is 10.5 Å². The number of fused-ring (bicyclic) bond motifs is 3. The van der Waals surface area contributed by atoms with Crippen LogP contribution in [0.5, 0.6) is 5.75 Å². The second kappa shape index (κ2) is 16.8. The standard InChI is InChI=1S/C43H48N4O9S/c1-24-19-26(23-44-41(52)56-42(3,4)5)20-25(2)34(24)46-37(48)30-21-31-33(55-17-13-27-14-18-57-36(27)31)22-29(30)28-11-12-32(45-35(28)39(50)53-6)38(49)47-43(40(51)54-7)15-9-8-10-16-43/h11-12,14,18-22H,8-10,13,15-17,23H2,1-7H3,(H,44,52)(H,46,48)(H,47,49). The van der Waals surface area contributed by atoms with Crippen molar-refractivity contribution in [3.05, 3.63) is 87.0 Å². The summed E-state index contributed by atoms with van der Waals surface area (Å²) in [6.07, 6.45) is 3.37. The molecule has 3 amide bonds. The average Bonchev–Trinajstić information content (AvgIpc) is 3.58. The van der Waals surface area contributed by atoms with Crippen LogP contribution >= 0.6 is 11.3 Å². The van der Waals surface area contributed by atoms with Crippen molar-refractivity contribution in [2.75, 3.05) is 26.1 Å². The molecule has 2 aliphatic rings. The minimum atomic E-state index is -1.21. The zero-order valence-electron chi connectivity index (χ0n) is 33.3. The van der Waals surface area contributed by atoms with Gasteiger partial charge in [0.15, 0.2) is 5.69 Å². The Morgan fingerprint density at radius 2 is 1.60 bits per heavy atom. The number of nitrogens with one attached hydrogen (secondary N) is 3. The van der Waals surface area contributed by atoms with E-state index in [4.69, 9.17) is 18.9 Å². The van der Waals surface area contributed by atoms with Crippen molar-refractivity contribution in [3.8, 4) is 27.3 Å². The number of hydrogen-bond acceptors (Lipinski definition) is 11. The number of carbonyl (C=O) groups excluding carboxylic acids is 5. The van der Waals surface area contributed by atoms with Crippen molar-refractivity contribution in [2.45, 2.75) is 90.8 Å². The number of carbonyl (C=O) groups is 5. The Labute approximate surface area is 335 Å². The second-order valence-electron chi connectivity index (χ2n) is 15.4. The van der Waals surface area contributed by atoms with Gasteiger partial charge in [0.2, 0.25) is 0 Å². The van der Waals surface area contributed by atoms with Crippen LogP contribution in [0.2, 0.25) is 0 Å². The molecule has 4 aromatic rings. The maximum Gasteiger partial charge on any atom is 0.407 e. The molecular formula is C43H48N4O9S. The predicted octanol–water partition coefficient (Wildman–Crippen LogP) is 7.70. The molecule has 1 aliphatic heterocycles. The molecule has 6 rings (SSSR count). The lowest BCUT2D eigenvalue weighted by molar-refractivity contribution is -0.149. The molecule has 1 saturated carbocycles. The first-order chi connectivity index (χ1) is 27.1. The van der Waals surface area contributed by atoms with Gasteiger partial charge in [0.05, 0.1) is 20.8 Å². The zero-order chi connectivity index (χ0) is 41.1. The van der Waals surface area contributed by atoms with Crippen molar-refractivity contribution in [1.29, 1.82) is 0 Å². The third-order valence-electron chi connectivity index (χ3n) is 10.1. The van der Waals surface area contributed by atoms with Crippen LogP contribution in [-0.2, 0) is 32.0 Å². The molecule has 3 heterocycles. The van der Waals surface area contributed by atoms with E-state index in [9.17, 15) is 24.0 Å². The summed E-state index contributed by atoms with van der Waals surface area (Å²) >= 11 is 1.54. The van der Waals surface area contributed by atoms with Crippen molar-refractivity contribution >= 4 is 46.9 Å². The molecular weight excluding hydrogens is 749 g/mol. The minimum absolute atomic E-state index is 0.110. The van der Waals surface area contributed by atoms with Crippen LogP contribution in [-0.4, -0.2) is 66.8 Å². The lowest BCUT2D eigenvalue weighted by Gasteiger charge is -2.35. The molecule has 2 aromatic carbocycles. The predicted molar refractivity (Wildman–Crippen MR) is 216 cm³/mol. The number of rotatable bonds is 9. The van der Waals surface area contributed by atoms with Gasteiger partial charge >= 0.3 is 18.0 Å². The van der Waals surface area contributed by atoms with E-state index in [2.05, 4.69) is 20.9 Å². The fourth-order valence-corrected chi connectivity index (χ4v) is 8.39. The maximum absolute atomic E-state index is 14.6. The Morgan fingerprint density at radius 3 is 2.26 bits per heavy atom. The molecule has 0 radical (unpaired) electrons. The van der Waals surface area contributed by atoms with Crippen molar-refractivity contribution in [1.82, 2.24) is 15.6 Å². The van der Waals surface area contributed by atoms with E-state index in [1.54, 1.807) is 50.3 Å². The van der Waals surface area contributed by atoms with E-state index in [-0.39, 0.29) is 29.1 Å². The van der Waals surface area contributed by atoms with E-state index in [0.29, 0.717) is 42.9 Å². The fraction of sp³-hybridized carbons (Fsp3) is 0.395. The Bertz CT molecular complexity index is 2210. The highest BCUT2D eigenvalue weighted by Gasteiger charge is 2.42. The molecule has 0 bridgehead atoms. The van der Waals surface area contributed by atoms with Crippen LogP contribution < -0.4 is 20.7 Å². The highest BCUT2D eigenvalue weighted by Crippen LogP contribution is 2.43. The van der Waals surface area contributed by atoms with Gasteiger partial charge in [-0.1, -0.05) is 31.4 Å². The number of alkyl carbamates (subject to hydrolysis) is 1. The fourth-order valence-electron chi connectivity index (χ4n) is 7.42. The van der Waals surface area contributed by atoms with Gasteiger partial charge in [0, 0.05) is 45.8 Å². The summed E-state index contributed by atoms with van der Waals surface area (Å²) in [5.41, 5.74) is 3.39. The van der Waals surface area contributed by atoms with Gasteiger partial charge in [-0.25, -0.2) is 19.4 Å². The average molecular weight is 797 g/mol. The molecule has 2 aromatic heterocycles. The molecule has 0 saturated heterocycles. The number of hydrogen-bond donors (Lipinski definition) is 3. The van der Waals surface area contributed by atoms with Crippen LogP contribution in [0.25, 0.3) is 21.6 Å². The Kier molecular flexibility index (Phi) is 12.0. The van der Waals surface area contributed by atoms with Crippen LogP contribution in [0.3, 0.4) is 0 Å². The third-order valence-corrected chi connectivity index (χ3v) is 11.1. The van der Waals surface area contributed by atoms with Crippen LogP contribution in [0, 0.1) is 13.8 Å². The largest absolute Gasteiger partial charge is 0.493 e. The van der Waals surface area contributed by atoms with E-state index >= 15 is 0 Å². The molecule has 300 valence electrons. The first kappa shape index (κ1) is 40.9. The molecule has 0 atom stereocenters. The molecule has 1 aliphatic carbocycles. The van der Waals surface area contributed by atoms with Crippen LogP contribution in [0.15, 0.2) is 47.8 Å². The summed E-state index contributed by atoms with van der Waals surface area (Å²) in [6, 6.07) is 12.3. The summed E-state index contributed by atoms with van der Waals surface area (Å²) in [5.74, 6) is -1.96. The SMILES string of the molecule is COC(=O)c1nc(C(=O)NC2(C(=O)OC)CCCCC2)ccc1-c1cc2c(cc1C(=O)Nc1c(C)cc(CNC(=O)OC(C)(C)C)cc1C)-c1sccc1CCO2. The van der Waals surface area contributed by atoms with E-state index in [0.717, 1.165) is 52.0 Å². The topological polar surface area (TPSA) is 171 Å². The lowest BCUT2D eigenvalue weighted by Crippen LogP contribution is -2.56. The number of benzene rings is 2. The number of nitrogens with zero attached hydrogens (tertiary/aromatic N) is 1. The lowest BCUT2D eigenvalue weighted by atomic mass is 9.81. The van der Waals surface area contributed by atoms with Gasteiger partial charge in [-0.05, 0) is 105 Å². The zero-order valence-corrected chi connectivity index (χ0v) is 34.1. The Morgan fingerprint density at radius 1 is 0.877 bits per heavy atom. The van der Waals surface area contributed by atoms with Crippen molar-refractivity contribution < 1.29 is 42.9 Å². The normalized spacial score (nSPS) is 14.4. The first-order valence-electron chi connectivity index (χ1n) is 18.9. The number of methoxy groups -OCH3 is 2. The van der Waals surface area contributed by atoms with Gasteiger partial charge < -0.3 is 34.9 Å². The van der Waals surface area contributed by atoms with Crippen LogP contribution in [0.1, 0.15) is 106 Å². The number of ether oxygens (including phenoxy) is 4. The minimum Gasteiger partial charge on any atom is -0.493 e. The molecule has 57 heavy (non-hydrogen) atoms. The summed E-state index contributed by atoms with van der Waals surface area (Å²) in [6.45, 7) is 9.74. The number of amides is 3.